The van der Waals surface area contributed by atoms with Gasteiger partial charge in [-0.15, -0.1) is 0 Å². The summed E-state index contributed by atoms with van der Waals surface area (Å²) in [5.41, 5.74) is 6.06. The van der Waals surface area contributed by atoms with Crippen LogP contribution in [0.2, 0.25) is 0 Å². The van der Waals surface area contributed by atoms with E-state index in [1.165, 1.54) is 13.1 Å². The third kappa shape index (κ3) is 3.37. The van der Waals surface area contributed by atoms with Crippen molar-refractivity contribution in [3.8, 4) is 0 Å². The van der Waals surface area contributed by atoms with Crippen LogP contribution in [0.4, 0.5) is 10.1 Å². The molecule has 0 aliphatic carbocycles. The third-order valence-electron chi connectivity index (χ3n) is 2.07. The van der Waals surface area contributed by atoms with Crippen molar-refractivity contribution in [3.05, 3.63) is 28.0 Å². The molecular formula is C10H11BrFN3OS. The molecule has 0 bridgehead atoms. The summed E-state index contributed by atoms with van der Waals surface area (Å²) in [6.45, 7) is -0.00766. The summed E-state index contributed by atoms with van der Waals surface area (Å²) in [6, 6.07) is 3.07. The van der Waals surface area contributed by atoms with Crippen molar-refractivity contribution in [2.75, 3.05) is 18.9 Å². The highest BCUT2D eigenvalue weighted by molar-refractivity contribution is 9.10. The number of carbonyl (C=O) groups is 1. The first kappa shape index (κ1) is 13.9. The Labute approximate surface area is 112 Å². The maximum absolute atomic E-state index is 13.8. The van der Waals surface area contributed by atoms with Crippen LogP contribution in [0.25, 0.3) is 0 Å². The number of thiocarbonyl (C=S) groups is 1. The van der Waals surface area contributed by atoms with Crippen molar-refractivity contribution >= 4 is 44.7 Å². The van der Waals surface area contributed by atoms with Gasteiger partial charge in [0, 0.05) is 12.6 Å². The average molecular weight is 320 g/mol. The van der Waals surface area contributed by atoms with Crippen LogP contribution in [0, 0.1) is 5.82 Å². The van der Waals surface area contributed by atoms with Gasteiger partial charge in [0.1, 0.15) is 4.99 Å². The molecule has 0 unspecified atom stereocenters. The summed E-state index contributed by atoms with van der Waals surface area (Å²) < 4.78 is 14.0. The number of rotatable bonds is 4. The van der Waals surface area contributed by atoms with E-state index >= 15 is 0 Å². The van der Waals surface area contributed by atoms with E-state index < -0.39 is 5.82 Å². The predicted octanol–water partition coefficient (Wildman–Crippen LogP) is 1.38. The number of nitrogens with one attached hydrogen (secondary N) is 2. The summed E-state index contributed by atoms with van der Waals surface area (Å²) in [6.07, 6.45) is 0. The average Bonchev–Trinajstić information content (AvgIpc) is 2.30. The van der Waals surface area contributed by atoms with E-state index in [2.05, 4.69) is 26.6 Å². The standard InChI is InChI=1S/C10H11BrFN3OS/c1-14-7(16)4-15-6-3-2-5(10(13)17)8(11)9(6)12/h2-3,15H,4H2,1H3,(H2,13,17)(H,14,16). The zero-order valence-electron chi connectivity index (χ0n) is 9.01. The fourth-order valence-corrected chi connectivity index (χ4v) is 2.00. The molecule has 0 saturated carbocycles. The number of hydrogen-bond donors (Lipinski definition) is 3. The molecule has 0 atom stereocenters. The van der Waals surface area contributed by atoms with Crippen LogP contribution in [0.15, 0.2) is 16.6 Å². The Kier molecular flexibility index (Phi) is 4.83. The molecule has 1 amide bonds. The molecule has 0 heterocycles. The smallest absolute Gasteiger partial charge is 0.239 e. The Bertz CT molecular complexity index is 467. The van der Waals surface area contributed by atoms with Crippen LogP contribution in [0.3, 0.4) is 0 Å². The van der Waals surface area contributed by atoms with Gasteiger partial charge in [-0.25, -0.2) is 4.39 Å². The maximum Gasteiger partial charge on any atom is 0.239 e. The lowest BCUT2D eigenvalue weighted by Gasteiger charge is -2.10. The molecule has 0 aromatic heterocycles. The van der Waals surface area contributed by atoms with E-state index in [0.29, 0.717) is 5.56 Å². The fraction of sp³-hybridized carbons (Fsp3) is 0.200. The first-order valence-electron chi connectivity index (χ1n) is 4.69. The van der Waals surface area contributed by atoms with Gasteiger partial charge in [-0.05, 0) is 28.1 Å². The molecule has 0 aliphatic heterocycles. The quantitative estimate of drug-likeness (QED) is 0.733. The Morgan fingerprint density at radius 2 is 2.24 bits per heavy atom. The molecule has 0 radical (unpaired) electrons. The van der Waals surface area contributed by atoms with Crippen molar-refractivity contribution in [2.24, 2.45) is 5.73 Å². The van der Waals surface area contributed by atoms with E-state index in [1.807, 2.05) is 0 Å². The first-order chi connectivity index (χ1) is 7.97. The minimum absolute atomic E-state index is 0.00766. The number of carbonyl (C=O) groups excluding carboxylic acids is 1. The molecule has 0 fully saturated rings. The summed E-state index contributed by atoms with van der Waals surface area (Å²) >= 11 is 7.85. The van der Waals surface area contributed by atoms with Crippen molar-refractivity contribution in [3.63, 3.8) is 0 Å². The predicted molar refractivity (Wildman–Crippen MR) is 72.5 cm³/mol. The summed E-state index contributed by atoms with van der Waals surface area (Å²) in [7, 11) is 1.51. The zero-order valence-corrected chi connectivity index (χ0v) is 11.4. The van der Waals surface area contributed by atoms with Gasteiger partial charge in [-0.3, -0.25) is 4.79 Å². The molecule has 0 saturated heterocycles. The molecule has 4 nitrogen and oxygen atoms in total. The molecule has 92 valence electrons. The van der Waals surface area contributed by atoms with Gasteiger partial charge >= 0.3 is 0 Å². The minimum Gasteiger partial charge on any atom is -0.389 e. The van der Waals surface area contributed by atoms with Crippen LogP contribution in [-0.4, -0.2) is 24.5 Å². The molecule has 1 aromatic rings. The normalized spacial score (nSPS) is 9.82. The van der Waals surface area contributed by atoms with Crippen LogP contribution in [0.5, 0.6) is 0 Å². The number of halogens is 2. The topological polar surface area (TPSA) is 67.2 Å². The van der Waals surface area contributed by atoms with Gasteiger partial charge in [0.15, 0.2) is 5.82 Å². The summed E-state index contributed by atoms with van der Waals surface area (Å²) in [4.78, 5) is 11.1. The van der Waals surface area contributed by atoms with Gasteiger partial charge in [-0.2, -0.15) is 0 Å². The number of likely N-dealkylation sites (N-methyl/N-ethyl adjacent to an activating group) is 1. The van der Waals surface area contributed by atoms with Gasteiger partial charge < -0.3 is 16.4 Å². The second-order valence-electron chi connectivity index (χ2n) is 3.18. The van der Waals surface area contributed by atoms with E-state index in [9.17, 15) is 9.18 Å². The number of anilines is 1. The van der Waals surface area contributed by atoms with Gasteiger partial charge in [0.2, 0.25) is 5.91 Å². The zero-order chi connectivity index (χ0) is 13.0. The summed E-state index contributed by atoms with van der Waals surface area (Å²) in [5.74, 6) is -0.766. The lowest BCUT2D eigenvalue weighted by Crippen LogP contribution is -2.26. The van der Waals surface area contributed by atoms with Crippen molar-refractivity contribution in [2.45, 2.75) is 0 Å². The van der Waals surface area contributed by atoms with Gasteiger partial charge in [0.25, 0.3) is 0 Å². The molecule has 1 rings (SSSR count). The van der Waals surface area contributed by atoms with Crippen LogP contribution in [-0.2, 0) is 4.79 Å². The Morgan fingerprint density at radius 3 is 2.76 bits per heavy atom. The highest BCUT2D eigenvalue weighted by Gasteiger charge is 2.13. The van der Waals surface area contributed by atoms with E-state index in [-0.39, 0.29) is 27.6 Å². The Morgan fingerprint density at radius 1 is 1.59 bits per heavy atom. The van der Waals surface area contributed by atoms with Crippen LogP contribution in [0.1, 0.15) is 5.56 Å². The van der Waals surface area contributed by atoms with Gasteiger partial charge in [-0.1, -0.05) is 12.2 Å². The number of nitrogens with two attached hydrogens (primary N) is 1. The third-order valence-corrected chi connectivity index (χ3v) is 3.06. The summed E-state index contributed by atoms with van der Waals surface area (Å²) in [5, 5.41) is 5.09. The van der Waals surface area contributed by atoms with Gasteiger partial charge in [0.05, 0.1) is 16.7 Å². The molecule has 7 heteroatoms. The van der Waals surface area contributed by atoms with E-state index in [4.69, 9.17) is 18.0 Å². The number of hydrogen-bond acceptors (Lipinski definition) is 3. The molecular weight excluding hydrogens is 309 g/mol. The van der Waals surface area contributed by atoms with E-state index in [1.54, 1.807) is 6.07 Å². The van der Waals surface area contributed by atoms with Crippen molar-refractivity contribution in [1.82, 2.24) is 5.32 Å². The second-order valence-corrected chi connectivity index (χ2v) is 4.41. The lowest BCUT2D eigenvalue weighted by molar-refractivity contribution is -0.118. The highest BCUT2D eigenvalue weighted by atomic mass is 79.9. The Hall–Kier alpha value is -1.21. The first-order valence-corrected chi connectivity index (χ1v) is 5.89. The number of benzene rings is 1. The molecule has 1 aromatic carbocycles. The Balaban J connectivity index is 2.93. The highest BCUT2D eigenvalue weighted by Crippen LogP contribution is 2.26. The second kappa shape index (κ2) is 5.92. The van der Waals surface area contributed by atoms with Crippen molar-refractivity contribution in [1.29, 1.82) is 0 Å². The minimum atomic E-state index is -0.529. The molecule has 0 spiro atoms. The molecule has 0 aliphatic rings. The monoisotopic (exact) mass is 319 g/mol. The van der Waals surface area contributed by atoms with Crippen LogP contribution < -0.4 is 16.4 Å². The molecule has 17 heavy (non-hydrogen) atoms. The van der Waals surface area contributed by atoms with E-state index in [0.717, 1.165) is 0 Å². The molecule has 4 N–H and O–H groups in total. The van der Waals surface area contributed by atoms with Crippen molar-refractivity contribution < 1.29 is 9.18 Å². The van der Waals surface area contributed by atoms with Crippen LogP contribution >= 0.6 is 28.1 Å². The fourth-order valence-electron chi connectivity index (χ4n) is 1.14. The lowest BCUT2D eigenvalue weighted by atomic mass is 10.2. The SMILES string of the molecule is CNC(=O)CNc1ccc(C(N)=S)c(Br)c1F. The largest absolute Gasteiger partial charge is 0.389 e. The number of amides is 1. The maximum atomic E-state index is 13.8.